The lowest BCUT2D eigenvalue weighted by atomic mass is 10.2. The van der Waals surface area contributed by atoms with E-state index in [0.29, 0.717) is 5.04 Å². The molecule has 0 saturated carbocycles. The van der Waals surface area contributed by atoms with Crippen molar-refractivity contribution in [2.24, 2.45) is 0 Å². The molecule has 0 radical (unpaired) electrons. The Hall–Kier alpha value is -0.810. The average Bonchev–Trinajstić information content (AvgIpc) is 2.15. The Morgan fingerprint density at radius 2 is 1.79 bits per heavy atom. The molecule has 0 aromatic heterocycles. The summed E-state index contributed by atoms with van der Waals surface area (Å²) in [5.41, 5.74) is 0.741. The molecule has 1 rings (SSSR count). The molecule has 14 heavy (non-hydrogen) atoms. The van der Waals surface area contributed by atoms with Crippen molar-refractivity contribution >= 4 is 26.6 Å². The van der Waals surface area contributed by atoms with Gasteiger partial charge >= 0.3 is 0 Å². The van der Waals surface area contributed by atoms with Crippen molar-refractivity contribution in [1.29, 1.82) is 5.41 Å². The molecule has 5 heteroatoms. The first-order chi connectivity index (χ1) is 6.45. The monoisotopic (exact) mass is 229 g/mol. The summed E-state index contributed by atoms with van der Waals surface area (Å²) in [6.07, 6.45) is 2.98. The Balaban J connectivity index is 3.07. The van der Waals surface area contributed by atoms with Gasteiger partial charge in [-0.05, 0) is 18.4 Å². The van der Waals surface area contributed by atoms with E-state index in [4.69, 9.17) is 5.41 Å². The number of benzene rings is 1. The number of hydrogen-bond acceptors (Lipinski definition) is 4. The Morgan fingerprint density at radius 1 is 1.29 bits per heavy atom. The van der Waals surface area contributed by atoms with Crippen molar-refractivity contribution in [3.8, 4) is 0 Å². The van der Waals surface area contributed by atoms with Gasteiger partial charge < -0.3 is 0 Å². The predicted molar refractivity (Wildman–Crippen MR) is 59.9 cm³/mol. The van der Waals surface area contributed by atoms with Gasteiger partial charge in [0.2, 0.25) is 0 Å². The van der Waals surface area contributed by atoms with Gasteiger partial charge in [0, 0.05) is 11.8 Å². The summed E-state index contributed by atoms with van der Waals surface area (Å²) in [6.45, 7) is 0. The van der Waals surface area contributed by atoms with Gasteiger partial charge in [0.05, 0.1) is 9.94 Å². The van der Waals surface area contributed by atoms with E-state index in [1.165, 1.54) is 30.2 Å². The summed E-state index contributed by atoms with van der Waals surface area (Å²) >= 11 is 1.33. The molecule has 1 aromatic rings. The zero-order chi connectivity index (χ0) is 10.8. The molecule has 0 saturated heterocycles. The molecule has 0 unspecified atom stereocenters. The predicted octanol–water partition coefficient (Wildman–Crippen LogP) is 1.78. The largest absolute Gasteiger partial charge is 0.293 e. The lowest BCUT2D eigenvalue weighted by Crippen LogP contribution is -1.98. The smallest absolute Gasteiger partial charge is 0.175 e. The number of nitrogens with one attached hydrogen (secondary N) is 1. The maximum atomic E-state index is 11.1. The first kappa shape index (κ1) is 11.3. The number of thioether (sulfide) groups is 1. The fourth-order valence-corrected chi connectivity index (χ4v) is 1.97. The topological polar surface area (TPSA) is 58.0 Å². The van der Waals surface area contributed by atoms with E-state index in [0.717, 1.165) is 5.56 Å². The van der Waals surface area contributed by atoms with E-state index in [9.17, 15) is 8.42 Å². The van der Waals surface area contributed by atoms with Crippen LogP contribution < -0.4 is 0 Å². The quantitative estimate of drug-likeness (QED) is 0.621. The van der Waals surface area contributed by atoms with Crippen molar-refractivity contribution < 1.29 is 8.42 Å². The zero-order valence-electron chi connectivity index (χ0n) is 7.94. The highest BCUT2D eigenvalue weighted by Crippen LogP contribution is 2.13. The molecule has 0 spiro atoms. The third-order valence-corrected chi connectivity index (χ3v) is 3.52. The van der Waals surface area contributed by atoms with Gasteiger partial charge in [-0.1, -0.05) is 12.1 Å². The highest BCUT2D eigenvalue weighted by molar-refractivity contribution is 8.13. The second kappa shape index (κ2) is 4.14. The van der Waals surface area contributed by atoms with Gasteiger partial charge in [-0.2, -0.15) is 0 Å². The first-order valence-electron chi connectivity index (χ1n) is 3.88. The average molecular weight is 229 g/mol. The molecule has 0 heterocycles. The lowest BCUT2D eigenvalue weighted by Gasteiger charge is -2.01. The Bertz CT molecular complexity index is 434. The summed E-state index contributed by atoms with van der Waals surface area (Å²) in [6, 6.07) is 6.34. The van der Waals surface area contributed by atoms with Crippen LogP contribution in [-0.4, -0.2) is 26.0 Å². The second-order valence-corrected chi connectivity index (χ2v) is 5.66. The molecule has 0 amide bonds. The van der Waals surface area contributed by atoms with Crippen LogP contribution in [0, 0.1) is 5.41 Å². The van der Waals surface area contributed by atoms with E-state index in [2.05, 4.69) is 0 Å². The fourth-order valence-electron chi connectivity index (χ4n) is 0.971. The Morgan fingerprint density at radius 3 is 2.14 bits per heavy atom. The number of sulfone groups is 1. The minimum Gasteiger partial charge on any atom is -0.293 e. The zero-order valence-corrected chi connectivity index (χ0v) is 9.58. The molecule has 0 aliphatic rings. The molecule has 0 fully saturated rings. The van der Waals surface area contributed by atoms with Gasteiger partial charge in [0.1, 0.15) is 0 Å². The minimum absolute atomic E-state index is 0.287. The van der Waals surface area contributed by atoms with E-state index in [1.54, 1.807) is 12.1 Å². The summed E-state index contributed by atoms with van der Waals surface area (Å²) in [7, 11) is -3.13. The maximum Gasteiger partial charge on any atom is 0.175 e. The maximum absolute atomic E-state index is 11.1. The fraction of sp³-hybridized carbons (Fsp3) is 0.222. The summed E-state index contributed by atoms with van der Waals surface area (Å²) in [5, 5.41) is 7.95. The van der Waals surface area contributed by atoms with Crippen LogP contribution in [0.4, 0.5) is 0 Å². The van der Waals surface area contributed by atoms with E-state index >= 15 is 0 Å². The highest BCUT2D eigenvalue weighted by Gasteiger charge is 2.07. The van der Waals surface area contributed by atoms with Gasteiger partial charge in [0.15, 0.2) is 9.84 Å². The van der Waals surface area contributed by atoms with Crippen LogP contribution in [0.3, 0.4) is 0 Å². The lowest BCUT2D eigenvalue weighted by molar-refractivity contribution is 0.602. The van der Waals surface area contributed by atoms with Crippen LogP contribution in [0.1, 0.15) is 5.56 Å². The molecule has 0 aliphatic carbocycles. The third-order valence-electron chi connectivity index (χ3n) is 1.75. The molecule has 1 N–H and O–H groups in total. The van der Waals surface area contributed by atoms with E-state index in [-0.39, 0.29) is 4.90 Å². The molecule has 0 bridgehead atoms. The summed E-state index contributed by atoms with van der Waals surface area (Å²) < 4.78 is 22.2. The Labute approximate surface area is 88.0 Å². The van der Waals surface area contributed by atoms with Crippen molar-refractivity contribution in [3.63, 3.8) is 0 Å². The van der Waals surface area contributed by atoms with Crippen LogP contribution >= 0.6 is 11.8 Å². The van der Waals surface area contributed by atoms with Gasteiger partial charge in [0.25, 0.3) is 0 Å². The molecule has 1 aromatic carbocycles. The van der Waals surface area contributed by atoms with Crippen molar-refractivity contribution in [2.45, 2.75) is 4.90 Å². The second-order valence-electron chi connectivity index (χ2n) is 2.83. The normalized spacial score (nSPS) is 11.3. The molecular formula is C9H11NO2S2. The van der Waals surface area contributed by atoms with Crippen LogP contribution in [0.5, 0.6) is 0 Å². The van der Waals surface area contributed by atoms with Gasteiger partial charge in [-0.25, -0.2) is 8.42 Å². The van der Waals surface area contributed by atoms with Crippen LogP contribution in [0.2, 0.25) is 0 Å². The van der Waals surface area contributed by atoms with Gasteiger partial charge in [-0.15, -0.1) is 11.8 Å². The van der Waals surface area contributed by atoms with E-state index in [1.807, 2.05) is 6.26 Å². The SMILES string of the molecule is CSC(=N)c1ccc(S(C)(=O)=O)cc1. The molecule has 0 atom stereocenters. The standard InChI is InChI=1S/C9H11NO2S2/c1-13-9(10)7-3-5-8(6-4-7)14(2,11)12/h3-6,10H,1-2H3. The van der Waals surface area contributed by atoms with E-state index < -0.39 is 9.84 Å². The van der Waals surface area contributed by atoms with Crippen LogP contribution in [0.15, 0.2) is 29.2 Å². The molecule has 76 valence electrons. The first-order valence-corrected chi connectivity index (χ1v) is 7.00. The van der Waals surface area contributed by atoms with Crippen LogP contribution in [0.25, 0.3) is 0 Å². The summed E-state index contributed by atoms with van der Waals surface area (Å²) in [4.78, 5) is 0.287. The number of rotatable bonds is 2. The summed E-state index contributed by atoms with van der Waals surface area (Å²) in [5.74, 6) is 0. The van der Waals surface area contributed by atoms with Crippen molar-refractivity contribution in [2.75, 3.05) is 12.5 Å². The highest BCUT2D eigenvalue weighted by atomic mass is 32.2. The molecular weight excluding hydrogens is 218 g/mol. The van der Waals surface area contributed by atoms with Crippen molar-refractivity contribution in [3.05, 3.63) is 29.8 Å². The van der Waals surface area contributed by atoms with Crippen LogP contribution in [-0.2, 0) is 9.84 Å². The minimum atomic E-state index is -3.13. The molecule has 3 nitrogen and oxygen atoms in total. The van der Waals surface area contributed by atoms with Crippen molar-refractivity contribution in [1.82, 2.24) is 0 Å². The van der Waals surface area contributed by atoms with Gasteiger partial charge in [-0.3, -0.25) is 5.41 Å². The number of hydrogen-bond donors (Lipinski definition) is 1. The third kappa shape index (κ3) is 2.59. The molecule has 0 aliphatic heterocycles. The Kier molecular flexibility index (Phi) is 3.34.